The third-order valence-corrected chi connectivity index (χ3v) is 3.14. The van der Waals surface area contributed by atoms with Gasteiger partial charge in [-0.25, -0.2) is 0 Å². The van der Waals surface area contributed by atoms with E-state index in [1.165, 1.54) is 0 Å². The van der Waals surface area contributed by atoms with E-state index in [4.69, 9.17) is 9.26 Å². The van der Waals surface area contributed by atoms with Crippen molar-refractivity contribution in [1.29, 1.82) is 0 Å². The minimum atomic E-state index is -0.442. The summed E-state index contributed by atoms with van der Waals surface area (Å²) in [6.07, 6.45) is 2.67. The number of ether oxygens (including phenoxy) is 1. The van der Waals surface area contributed by atoms with Gasteiger partial charge < -0.3 is 9.26 Å². The molecule has 0 saturated carbocycles. The van der Waals surface area contributed by atoms with Crippen LogP contribution in [0.25, 0.3) is 0 Å². The Morgan fingerprint density at radius 3 is 2.89 bits per heavy atom. The van der Waals surface area contributed by atoms with Crippen LogP contribution < -0.4 is 0 Å². The summed E-state index contributed by atoms with van der Waals surface area (Å²) in [7, 11) is 0. The summed E-state index contributed by atoms with van der Waals surface area (Å²) in [5.74, 6) is 1.45. The van der Waals surface area contributed by atoms with Gasteiger partial charge in [0.15, 0.2) is 0 Å². The summed E-state index contributed by atoms with van der Waals surface area (Å²) in [4.78, 5) is 16.0. The summed E-state index contributed by atoms with van der Waals surface area (Å²) in [5, 5.41) is 3.94. The summed E-state index contributed by atoms with van der Waals surface area (Å²) in [6, 6.07) is 0. The Morgan fingerprint density at radius 1 is 1.50 bits per heavy atom. The zero-order valence-corrected chi connectivity index (χ0v) is 11.2. The lowest BCUT2D eigenvalue weighted by molar-refractivity contribution is -0.119. The molecule has 0 bridgehead atoms. The first kappa shape index (κ1) is 13.2. The monoisotopic (exact) mass is 252 g/mol. The molecule has 1 aliphatic heterocycles. The standard InChI is InChI=1S/C13H20N2O3/c1-9(2)7-10(16)8-11-14-12(15-18-11)13(3)5-4-6-17-13/h9H,4-8H2,1-3H3. The first-order valence-electron chi connectivity index (χ1n) is 6.48. The van der Waals surface area contributed by atoms with E-state index in [0.29, 0.717) is 24.1 Å². The van der Waals surface area contributed by atoms with Crippen LogP contribution in [0, 0.1) is 5.92 Å². The van der Waals surface area contributed by atoms with Crippen molar-refractivity contribution in [2.75, 3.05) is 6.61 Å². The molecule has 5 nitrogen and oxygen atoms in total. The molecule has 1 atom stereocenters. The maximum Gasteiger partial charge on any atom is 0.234 e. The molecule has 2 heterocycles. The average Bonchev–Trinajstić information content (AvgIpc) is 2.86. The van der Waals surface area contributed by atoms with Crippen molar-refractivity contribution >= 4 is 5.78 Å². The van der Waals surface area contributed by atoms with E-state index in [0.717, 1.165) is 19.4 Å². The fraction of sp³-hybridized carbons (Fsp3) is 0.769. The van der Waals surface area contributed by atoms with Gasteiger partial charge >= 0.3 is 0 Å². The van der Waals surface area contributed by atoms with Crippen molar-refractivity contribution < 1.29 is 14.1 Å². The van der Waals surface area contributed by atoms with E-state index in [1.807, 2.05) is 20.8 Å². The number of Topliss-reactive ketones (excluding diaryl/α,β-unsaturated/α-hetero) is 1. The van der Waals surface area contributed by atoms with Crippen molar-refractivity contribution in [3.8, 4) is 0 Å². The fourth-order valence-corrected chi connectivity index (χ4v) is 2.19. The topological polar surface area (TPSA) is 65.2 Å². The summed E-state index contributed by atoms with van der Waals surface area (Å²) >= 11 is 0. The van der Waals surface area contributed by atoms with Crippen LogP contribution in [0.5, 0.6) is 0 Å². The Labute approximate surface area is 107 Å². The van der Waals surface area contributed by atoms with E-state index >= 15 is 0 Å². The van der Waals surface area contributed by atoms with Gasteiger partial charge in [0.25, 0.3) is 0 Å². The van der Waals surface area contributed by atoms with Crippen LogP contribution in [0.1, 0.15) is 51.7 Å². The van der Waals surface area contributed by atoms with E-state index < -0.39 is 5.60 Å². The minimum Gasteiger partial charge on any atom is -0.367 e. The zero-order chi connectivity index (χ0) is 13.2. The van der Waals surface area contributed by atoms with E-state index in [2.05, 4.69) is 10.1 Å². The zero-order valence-electron chi connectivity index (χ0n) is 11.2. The third kappa shape index (κ3) is 2.96. The molecule has 2 rings (SSSR count). The van der Waals surface area contributed by atoms with Crippen LogP contribution in [-0.4, -0.2) is 22.5 Å². The van der Waals surface area contributed by atoms with E-state index in [1.54, 1.807) is 0 Å². The van der Waals surface area contributed by atoms with Crippen LogP contribution in [0.3, 0.4) is 0 Å². The number of ketones is 1. The molecule has 0 aliphatic carbocycles. The Balaban J connectivity index is 2.00. The highest BCUT2D eigenvalue weighted by Gasteiger charge is 2.36. The lowest BCUT2D eigenvalue weighted by Crippen LogP contribution is -2.21. The predicted molar refractivity (Wildman–Crippen MR) is 65.0 cm³/mol. The lowest BCUT2D eigenvalue weighted by Gasteiger charge is -2.17. The summed E-state index contributed by atoms with van der Waals surface area (Å²) in [6.45, 7) is 6.73. The van der Waals surface area contributed by atoms with Crippen LogP contribution in [0.4, 0.5) is 0 Å². The van der Waals surface area contributed by atoms with Gasteiger partial charge in [-0.3, -0.25) is 4.79 Å². The molecule has 1 saturated heterocycles. The summed E-state index contributed by atoms with van der Waals surface area (Å²) in [5.41, 5.74) is -0.442. The van der Waals surface area contributed by atoms with Crippen molar-refractivity contribution in [1.82, 2.24) is 10.1 Å². The average molecular weight is 252 g/mol. The third-order valence-electron chi connectivity index (χ3n) is 3.14. The lowest BCUT2D eigenvalue weighted by atomic mass is 10.0. The van der Waals surface area contributed by atoms with Gasteiger partial charge in [0.2, 0.25) is 11.7 Å². The highest BCUT2D eigenvalue weighted by atomic mass is 16.5. The van der Waals surface area contributed by atoms with Gasteiger partial charge in [0.05, 0.1) is 6.42 Å². The second-order valence-electron chi connectivity index (χ2n) is 5.51. The van der Waals surface area contributed by atoms with Gasteiger partial charge in [-0.15, -0.1) is 0 Å². The van der Waals surface area contributed by atoms with Gasteiger partial charge in [-0.2, -0.15) is 4.98 Å². The predicted octanol–water partition coefficient (Wildman–Crippen LogP) is 2.25. The second-order valence-corrected chi connectivity index (χ2v) is 5.51. The molecule has 1 fully saturated rings. The maximum absolute atomic E-state index is 11.7. The van der Waals surface area contributed by atoms with Gasteiger partial charge in [0, 0.05) is 13.0 Å². The largest absolute Gasteiger partial charge is 0.367 e. The van der Waals surface area contributed by atoms with Crippen molar-refractivity contribution in [3.63, 3.8) is 0 Å². The number of hydrogen-bond donors (Lipinski definition) is 0. The number of carbonyl (C=O) groups is 1. The molecule has 5 heteroatoms. The molecule has 0 aromatic carbocycles. The Hall–Kier alpha value is -1.23. The molecular weight excluding hydrogens is 232 g/mol. The minimum absolute atomic E-state index is 0.137. The molecule has 1 aromatic heterocycles. The quantitative estimate of drug-likeness (QED) is 0.804. The maximum atomic E-state index is 11.7. The summed E-state index contributed by atoms with van der Waals surface area (Å²) < 4.78 is 10.8. The van der Waals surface area contributed by atoms with Crippen molar-refractivity contribution in [2.24, 2.45) is 5.92 Å². The molecule has 0 N–H and O–H groups in total. The Kier molecular flexibility index (Phi) is 3.80. The highest BCUT2D eigenvalue weighted by molar-refractivity contribution is 5.80. The Morgan fingerprint density at radius 2 is 2.28 bits per heavy atom. The van der Waals surface area contributed by atoms with E-state index in [9.17, 15) is 4.79 Å². The highest BCUT2D eigenvalue weighted by Crippen LogP contribution is 2.33. The normalized spacial score (nSPS) is 23.8. The van der Waals surface area contributed by atoms with Crippen LogP contribution in [0.15, 0.2) is 4.52 Å². The number of aromatic nitrogens is 2. The van der Waals surface area contributed by atoms with Crippen LogP contribution >= 0.6 is 0 Å². The van der Waals surface area contributed by atoms with Gasteiger partial charge in [0.1, 0.15) is 11.4 Å². The molecule has 1 aromatic rings. The fourth-order valence-electron chi connectivity index (χ4n) is 2.19. The van der Waals surface area contributed by atoms with Gasteiger partial charge in [-0.05, 0) is 25.7 Å². The van der Waals surface area contributed by atoms with Crippen molar-refractivity contribution in [2.45, 2.75) is 52.1 Å². The SMILES string of the molecule is CC(C)CC(=O)Cc1nc(C2(C)CCCO2)no1. The van der Waals surface area contributed by atoms with Crippen LogP contribution in [-0.2, 0) is 21.6 Å². The number of carbonyl (C=O) groups excluding carboxylic acids is 1. The first-order chi connectivity index (χ1) is 8.49. The molecule has 0 spiro atoms. The second kappa shape index (κ2) is 5.18. The van der Waals surface area contributed by atoms with Crippen molar-refractivity contribution in [3.05, 3.63) is 11.7 Å². The van der Waals surface area contributed by atoms with Crippen LogP contribution in [0.2, 0.25) is 0 Å². The smallest absolute Gasteiger partial charge is 0.234 e. The molecular formula is C13H20N2O3. The molecule has 0 radical (unpaired) electrons. The molecule has 100 valence electrons. The molecule has 1 aliphatic rings. The number of rotatable bonds is 5. The number of hydrogen-bond acceptors (Lipinski definition) is 5. The first-order valence-corrected chi connectivity index (χ1v) is 6.48. The van der Waals surface area contributed by atoms with Gasteiger partial charge in [-0.1, -0.05) is 19.0 Å². The molecule has 1 unspecified atom stereocenters. The number of nitrogens with zero attached hydrogens (tertiary/aromatic N) is 2. The molecule has 0 amide bonds. The molecule has 18 heavy (non-hydrogen) atoms. The Bertz CT molecular complexity index is 420. The van der Waals surface area contributed by atoms with E-state index in [-0.39, 0.29) is 12.2 Å².